The average molecular weight is 412 g/mol. The molecule has 0 spiro atoms. The number of nitrogens with one attached hydrogen (secondary N) is 1. The molecule has 1 unspecified atom stereocenters. The van der Waals surface area contributed by atoms with Crippen molar-refractivity contribution in [1.29, 1.82) is 0 Å². The van der Waals surface area contributed by atoms with Gasteiger partial charge in [0.15, 0.2) is 19.5 Å². The van der Waals surface area contributed by atoms with Crippen LogP contribution >= 0.6 is 0 Å². The third kappa shape index (κ3) is 3.37. The minimum atomic E-state index is -2.19. The lowest BCUT2D eigenvalue weighted by Crippen LogP contribution is -2.54. The Kier molecular flexibility index (Phi) is 5.17. The SMILES string of the molecule is CC(C)(C)[Si](C)(C)OC1C[C@H](n2cnc3c(=O)[nH]c(N)nc32)OC1(CO)CO. The van der Waals surface area contributed by atoms with Gasteiger partial charge in [0.1, 0.15) is 11.8 Å². The van der Waals surface area contributed by atoms with Crippen molar-refractivity contribution >= 4 is 25.4 Å². The van der Waals surface area contributed by atoms with Crippen molar-refractivity contribution in [2.45, 2.75) is 63.3 Å². The number of aliphatic hydroxyl groups excluding tert-OH is 2. The maximum absolute atomic E-state index is 12.0. The van der Waals surface area contributed by atoms with Crippen molar-refractivity contribution in [1.82, 2.24) is 19.5 Å². The fourth-order valence-electron chi connectivity index (χ4n) is 3.13. The van der Waals surface area contributed by atoms with E-state index < -0.39 is 45.0 Å². The zero-order chi connectivity index (χ0) is 20.9. The van der Waals surface area contributed by atoms with Crippen LogP contribution in [0.5, 0.6) is 0 Å². The number of fused-ring (bicyclic) bond motifs is 1. The van der Waals surface area contributed by atoms with Gasteiger partial charge in [-0.25, -0.2) is 4.98 Å². The molecule has 11 heteroatoms. The Morgan fingerprint density at radius 2 is 2.07 bits per heavy atom. The van der Waals surface area contributed by atoms with Crippen molar-refractivity contribution in [3.05, 3.63) is 16.7 Å². The number of aliphatic hydroxyl groups is 2. The van der Waals surface area contributed by atoms with Gasteiger partial charge in [0.05, 0.1) is 25.6 Å². The maximum Gasteiger partial charge on any atom is 0.280 e. The summed E-state index contributed by atoms with van der Waals surface area (Å²) in [4.78, 5) is 22.7. The highest BCUT2D eigenvalue weighted by Gasteiger charge is 2.53. The highest BCUT2D eigenvalue weighted by molar-refractivity contribution is 6.74. The maximum atomic E-state index is 12.0. The Hall–Kier alpha value is -1.79. The Labute approximate surface area is 163 Å². The van der Waals surface area contributed by atoms with E-state index in [1.807, 2.05) is 0 Å². The number of anilines is 1. The number of hydrogen-bond acceptors (Lipinski definition) is 8. The molecule has 0 aromatic carbocycles. The summed E-state index contributed by atoms with van der Waals surface area (Å²) < 4.78 is 14.2. The number of aromatic nitrogens is 4. The van der Waals surface area contributed by atoms with Crippen molar-refractivity contribution in [3.63, 3.8) is 0 Å². The molecule has 3 rings (SSSR count). The van der Waals surface area contributed by atoms with E-state index in [0.717, 1.165) is 0 Å². The average Bonchev–Trinajstić information content (AvgIpc) is 3.15. The van der Waals surface area contributed by atoms with Gasteiger partial charge in [-0.1, -0.05) is 20.8 Å². The molecule has 156 valence electrons. The van der Waals surface area contributed by atoms with Gasteiger partial charge in [-0.3, -0.25) is 14.3 Å². The van der Waals surface area contributed by atoms with E-state index in [2.05, 4.69) is 48.8 Å². The largest absolute Gasteiger partial charge is 0.411 e. The van der Waals surface area contributed by atoms with Crippen LogP contribution in [0.1, 0.15) is 33.4 Å². The number of nitrogen functional groups attached to an aromatic ring is 1. The van der Waals surface area contributed by atoms with Gasteiger partial charge < -0.3 is 25.1 Å². The second-order valence-corrected chi connectivity index (χ2v) is 13.6. The van der Waals surface area contributed by atoms with Gasteiger partial charge in [0.2, 0.25) is 5.95 Å². The fourth-order valence-corrected chi connectivity index (χ4v) is 4.51. The molecule has 0 aliphatic carbocycles. The molecule has 1 aliphatic heterocycles. The van der Waals surface area contributed by atoms with Gasteiger partial charge >= 0.3 is 0 Å². The second kappa shape index (κ2) is 6.92. The molecule has 2 aromatic rings. The first-order valence-corrected chi connectivity index (χ1v) is 12.1. The molecular formula is C17H29N5O5Si. The van der Waals surface area contributed by atoms with E-state index in [9.17, 15) is 15.0 Å². The molecule has 1 saturated heterocycles. The highest BCUT2D eigenvalue weighted by Crippen LogP contribution is 2.44. The quantitative estimate of drug-likeness (QED) is 0.526. The predicted molar refractivity (Wildman–Crippen MR) is 106 cm³/mol. The van der Waals surface area contributed by atoms with Crippen LogP contribution in [0.2, 0.25) is 18.1 Å². The molecule has 2 atom stereocenters. The lowest BCUT2D eigenvalue weighted by molar-refractivity contribution is -0.146. The Morgan fingerprint density at radius 3 is 2.64 bits per heavy atom. The van der Waals surface area contributed by atoms with Gasteiger partial charge in [0.25, 0.3) is 5.56 Å². The first-order valence-electron chi connectivity index (χ1n) is 9.24. The summed E-state index contributed by atoms with van der Waals surface area (Å²) >= 11 is 0. The van der Waals surface area contributed by atoms with Crippen molar-refractivity contribution in [3.8, 4) is 0 Å². The van der Waals surface area contributed by atoms with Crippen LogP contribution in [0.25, 0.3) is 11.2 Å². The Balaban J connectivity index is 1.99. The van der Waals surface area contributed by atoms with E-state index >= 15 is 0 Å². The number of nitrogens with zero attached hydrogens (tertiary/aromatic N) is 3. The molecule has 3 heterocycles. The summed E-state index contributed by atoms with van der Waals surface area (Å²) in [7, 11) is -2.19. The molecule has 28 heavy (non-hydrogen) atoms. The lowest BCUT2D eigenvalue weighted by Gasteiger charge is -2.42. The van der Waals surface area contributed by atoms with Crippen LogP contribution in [-0.2, 0) is 9.16 Å². The van der Waals surface area contributed by atoms with Gasteiger partial charge in [-0.2, -0.15) is 4.98 Å². The fraction of sp³-hybridized carbons (Fsp3) is 0.706. The summed E-state index contributed by atoms with van der Waals surface area (Å²) in [5.41, 5.74) is 4.39. The van der Waals surface area contributed by atoms with Gasteiger partial charge in [-0.15, -0.1) is 0 Å². The van der Waals surface area contributed by atoms with Gasteiger partial charge in [-0.05, 0) is 18.1 Å². The van der Waals surface area contributed by atoms with Crippen LogP contribution in [0.15, 0.2) is 11.1 Å². The number of nitrogens with two attached hydrogens (primary N) is 1. The molecule has 2 aromatic heterocycles. The summed E-state index contributed by atoms with van der Waals surface area (Å²) in [6, 6.07) is 0. The van der Waals surface area contributed by atoms with Crippen LogP contribution in [0.3, 0.4) is 0 Å². The third-order valence-electron chi connectivity index (χ3n) is 5.91. The normalized spacial score (nSPS) is 22.8. The third-order valence-corrected chi connectivity index (χ3v) is 10.4. The van der Waals surface area contributed by atoms with Crippen LogP contribution in [0.4, 0.5) is 5.95 Å². The number of rotatable bonds is 5. The zero-order valence-electron chi connectivity index (χ0n) is 16.9. The molecule has 10 nitrogen and oxygen atoms in total. The highest BCUT2D eigenvalue weighted by atomic mass is 28.4. The minimum absolute atomic E-state index is 0.0260. The standard InChI is InChI=1S/C17H29N5O5Si/c1-16(2,3)28(4,5)27-10-6-11(26-17(10,7-23)8-24)22-9-19-12-13(22)20-15(18)21-14(12)25/h9-11,23-24H,6-8H2,1-5H3,(H3,18,20,21,25)/t10?,11-/m1/s1. The molecule has 1 fully saturated rings. The number of imidazole rings is 1. The van der Waals surface area contributed by atoms with Crippen molar-refractivity contribution < 1.29 is 19.4 Å². The smallest absolute Gasteiger partial charge is 0.280 e. The van der Waals surface area contributed by atoms with Crippen LogP contribution in [-0.4, -0.2) is 63.0 Å². The zero-order valence-corrected chi connectivity index (χ0v) is 17.9. The second-order valence-electron chi connectivity index (χ2n) is 8.83. The first kappa shape index (κ1) is 20.9. The van der Waals surface area contributed by atoms with Crippen LogP contribution < -0.4 is 11.3 Å². The predicted octanol–water partition coefficient (Wildman–Crippen LogP) is 0.734. The Bertz CT molecular complexity index is 915. The van der Waals surface area contributed by atoms with E-state index in [-0.39, 0.29) is 22.2 Å². The Morgan fingerprint density at radius 1 is 1.43 bits per heavy atom. The summed E-state index contributed by atoms with van der Waals surface area (Å²) in [6.45, 7) is 9.77. The van der Waals surface area contributed by atoms with E-state index in [4.69, 9.17) is 14.9 Å². The summed E-state index contributed by atoms with van der Waals surface area (Å²) in [5, 5.41) is 20.0. The van der Waals surface area contributed by atoms with E-state index in [1.165, 1.54) is 6.33 Å². The lowest BCUT2D eigenvalue weighted by atomic mass is 9.99. The summed E-state index contributed by atoms with van der Waals surface area (Å²) in [5.74, 6) is -0.0260. The molecule has 5 N–H and O–H groups in total. The number of hydrogen-bond donors (Lipinski definition) is 4. The first-order chi connectivity index (χ1) is 12.9. The van der Waals surface area contributed by atoms with Crippen molar-refractivity contribution in [2.24, 2.45) is 0 Å². The summed E-state index contributed by atoms with van der Waals surface area (Å²) in [6.07, 6.45) is 0.677. The number of aromatic amines is 1. The van der Waals surface area contributed by atoms with Crippen molar-refractivity contribution in [2.75, 3.05) is 18.9 Å². The van der Waals surface area contributed by atoms with Crippen LogP contribution in [0, 0.1) is 0 Å². The van der Waals surface area contributed by atoms with E-state index in [1.54, 1.807) is 4.57 Å². The minimum Gasteiger partial charge on any atom is -0.411 e. The van der Waals surface area contributed by atoms with Gasteiger partial charge in [0, 0.05) is 6.42 Å². The van der Waals surface area contributed by atoms with E-state index in [0.29, 0.717) is 6.42 Å². The number of ether oxygens (including phenoxy) is 1. The molecule has 0 bridgehead atoms. The molecule has 0 saturated carbocycles. The molecule has 1 aliphatic rings. The number of H-pyrrole nitrogens is 1. The molecule has 0 amide bonds. The molecule has 0 radical (unpaired) electrons. The monoisotopic (exact) mass is 411 g/mol. The molecular weight excluding hydrogens is 382 g/mol. The topological polar surface area (TPSA) is 149 Å².